The van der Waals surface area contributed by atoms with Crippen LogP contribution in [-0.4, -0.2) is 33.6 Å². The first-order valence-corrected chi connectivity index (χ1v) is 9.17. The highest BCUT2D eigenvalue weighted by molar-refractivity contribution is 7.89. The van der Waals surface area contributed by atoms with Gasteiger partial charge in [0.15, 0.2) is 0 Å². The average Bonchev–Trinajstić information content (AvgIpc) is 2.59. The van der Waals surface area contributed by atoms with Crippen molar-refractivity contribution in [3.63, 3.8) is 0 Å². The SMILES string of the molecule is COCCCNS(=O)(=O)c1ccc(-c2cc([N+](=O)[O-])ccc2C)cc1. The molecule has 0 amide bonds. The number of nitrogens with one attached hydrogen (secondary N) is 1. The summed E-state index contributed by atoms with van der Waals surface area (Å²) in [6.45, 7) is 2.62. The molecule has 2 rings (SSSR count). The van der Waals surface area contributed by atoms with Crippen molar-refractivity contribution in [2.75, 3.05) is 20.3 Å². The first kappa shape index (κ1) is 19.0. The molecule has 0 bridgehead atoms. The summed E-state index contributed by atoms with van der Waals surface area (Å²) in [6.07, 6.45) is 0.584. The predicted molar refractivity (Wildman–Crippen MR) is 95.0 cm³/mol. The van der Waals surface area contributed by atoms with Crippen molar-refractivity contribution in [3.05, 3.63) is 58.1 Å². The normalized spacial score (nSPS) is 11.4. The van der Waals surface area contributed by atoms with Crippen LogP contribution in [0.15, 0.2) is 47.4 Å². The zero-order valence-electron chi connectivity index (χ0n) is 14.1. The summed E-state index contributed by atoms with van der Waals surface area (Å²) in [7, 11) is -2.03. The highest BCUT2D eigenvalue weighted by Crippen LogP contribution is 2.28. The van der Waals surface area contributed by atoms with Gasteiger partial charge in [0, 0.05) is 32.4 Å². The van der Waals surface area contributed by atoms with Gasteiger partial charge in [0.1, 0.15) is 0 Å². The molecule has 1 N–H and O–H groups in total. The fraction of sp³-hybridized carbons (Fsp3) is 0.294. The summed E-state index contributed by atoms with van der Waals surface area (Å²) < 4.78 is 31.8. The van der Waals surface area contributed by atoms with Crippen molar-refractivity contribution in [2.45, 2.75) is 18.2 Å². The third kappa shape index (κ3) is 4.85. The molecule has 2 aromatic carbocycles. The number of benzene rings is 2. The van der Waals surface area contributed by atoms with Crippen LogP contribution in [0.4, 0.5) is 5.69 Å². The van der Waals surface area contributed by atoms with Crippen molar-refractivity contribution in [3.8, 4) is 11.1 Å². The fourth-order valence-corrected chi connectivity index (χ4v) is 3.43. The second-order valence-electron chi connectivity index (χ2n) is 5.52. The van der Waals surface area contributed by atoms with E-state index in [1.165, 1.54) is 24.3 Å². The third-order valence-corrected chi connectivity index (χ3v) is 5.20. The van der Waals surface area contributed by atoms with Gasteiger partial charge in [-0.1, -0.05) is 18.2 Å². The Kier molecular flexibility index (Phi) is 6.24. The molecule has 8 heteroatoms. The molecule has 0 saturated heterocycles. The summed E-state index contributed by atoms with van der Waals surface area (Å²) in [6, 6.07) is 10.9. The molecule has 0 aromatic heterocycles. The van der Waals surface area contributed by atoms with E-state index in [0.717, 1.165) is 11.1 Å². The quantitative estimate of drug-likeness (QED) is 0.441. The van der Waals surface area contributed by atoms with E-state index in [-0.39, 0.29) is 10.6 Å². The largest absolute Gasteiger partial charge is 0.385 e. The number of non-ortho nitro benzene ring substituents is 1. The lowest BCUT2D eigenvalue weighted by Gasteiger charge is -2.09. The molecule has 0 saturated carbocycles. The number of methoxy groups -OCH3 is 1. The van der Waals surface area contributed by atoms with Crippen molar-refractivity contribution >= 4 is 15.7 Å². The molecule has 0 radical (unpaired) electrons. The van der Waals surface area contributed by atoms with Crippen LogP contribution < -0.4 is 4.72 Å². The van der Waals surface area contributed by atoms with Crippen molar-refractivity contribution in [1.29, 1.82) is 0 Å². The highest BCUT2D eigenvalue weighted by atomic mass is 32.2. The maximum atomic E-state index is 12.2. The van der Waals surface area contributed by atoms with E-state index in [1.807, 2.05) is 6.92 Å². The molecule has 2 aromatic rings. The maximum absolute atomic E-state index is 12.2. The first-order valence-electron chi connectivity index (χ1n) is 7.69. The minimum atomic E-state index is -3.59. The molecule has 0 aliphatic carbocycles. The Bertz CT molecular complexity index is 848. The Hall–Kier alpha value is -2.29. The van der Waals surface area contributed by atoms with E-state index in [2.05, 4.69) is 4.72 Å². The molecule has 7 nitrogen and oxygen atoms in total. The molecule has 0 spiro atoms. The summed E-state index contributed by atoms with van der Waals surface area (Å²) in [4.78, 5) is 10.6. The maximum Gasteiger partial charge on any atom is 0.270 e. The standard InChI is InChI=1S/C17H20N2O5S/c1-13-4-7-15(19(20)21)12-17(13)14-5-8-16(9-6-14)25(22,23)18-10-3-11-24-2/h4-9,12,18H,3,10-11H2,1-2H3. The highest BCUT2D eigenvalue weighted by Gasteiger charge is 2.15. The smallest absolute Gasteiger partial charge is 0.270 e. The molecule has 0 unspecified atom stereocenters. The number of hydrogen-bond donors (Lipinski definition) is 1. The number of nitro benzene ring substituents is 1. The fourth-order valence-electron chi connectivity index (χ4n) is 2.35. The number of aryl methyl sites for hydroxylation is 1. The number of hydrogen-bond acceptors (Lipinski definition) is 5. The minimum Gasteiger partial charge on any atom is -0.385 e. The van der Waals surface area contributed by atoms with Gasteiger partial charge in [-0.25, -0.2) is 13.1 Å². The van der Waals surface area contributed by atoms with Crippen LogP contribution in [-0.2, 0) is 14.8 Å². The lowest BCUT2D eigenvalue weighted by Crippen LogP contribution is -2.25. The molecule has 0 aliphatic heterocycles. The monoisotopic (exact) mass is 364 g/mol. The van der Waals surface area contributed by atoms with E-state index >= 15 is 0 Å². The van der Waals surface area contributed by atoms with Gasteiger partial charge in [-0.2, -0.15) is 0 Å². The van der Waals surface area contributed by atoms with Gasteiger partial charge in [0.25, 0.3) is 5.69 Å². The van der Waals surface area contributed by atoms with Gasteiger partial charge in [-0.15, -0.1) is 0 Å². The van der Waals surface area contributed by atoms with Crippen LogP contribution in [0.2, 0.25) is 0 Å². The Labute approximate surface area is 146 Å². The van der Waals surface area contributed by atoms with Crippen LogP contribution in [0.5, 0.6) is 0 Å². The van der Waals surface area contributed by atoms with Crippen molar-refractivity contribution in [1.82, 2.24) is 4.72 Å². The Morgan fingerprint density at radius 1 is 1.16 bits per heavy atom. The second-order valence-corrected chi connectivity index (χ2v) is 7.29. The number of nitrogens with zero attached hydrogens (tertiary/aromatic N) is 1. The van der Waals surface area contributed by atoms with Crippen LogP contribution in [0.25, 0.3) is 11.1 Å². The van der Waals surface area contributed by atoms with Gasteiger partial charge in [-0.3, -0.25) is 10.1 Å². The molecule has 134 valence electrons. The topological polar surface area (TPSA) is 98.5 Å². The van der Waals surface area contributed by atoms with Crippen LogP contribution in [0.1, 0.15) is 12.0 Å². The summed E-state index contributed by atoms with van der Waals surface area (Å²) in [5, 5.41) is 10.9. The van der Waals surface area contributed by atoms with Gasteiger partial charge in [-0.05, 0) is 42.2 Å². The van der Waals surface area contributed by atoms with Gasteiger partial charge >= 0.3 is 0 Å². The number of nitro groups is 1. The molecule has 0 atom stereocenters. The molecule has 0 heterocycles. The Morgan fingerprint density at radius 2 is 1.84 bits per heavy atom. The van der Waals surface area contributed by atoms with Crippen molar-refractivity contribution in [2.24, 2.45) is 0 Å². The van der Waals surface area contributed by atoms with Crippen molar-refractivity contribution < 1.29 is 18.1 Å². The van der Waals surface area contributed by atoms with Crippen LogP contribution in [0, 0.1) is 17.0 Å². The lowest BCUT2D eigenvalue weighted by molar-refractivity contribution is -0.384. The summed E-state index contributed by atoms with van der Waals surface area (Å²) in [5.41, 5.74) is 2.29. The van der Waals surface area contributed by atoms with E-state index < -0.39 is 14.9 Å². The Morgan fingerprint density at radius 3 is 2.44 bits per heavy atom. The van der Waals surface area contributed by atoms with Gasteiger partial charge in [0.2, 0.25) is 10.0 Å². The van der Waals surface area contributed by atoms with E-state index in [1.54, 1.807) is 25.3 Å². The molecule has 25 heavy (non-hydrogen) atoms. The third-order valence-electron chi connectivity index (χ3n) is 3.72. The van der Waals surface area contributed by atoms with E-state index in [0.29, 0.717) is 25.1 Å². The molecular formula is C17H20N2O5S. The molecule has 0 aliphatic rings. The zero-order chi connectivity index (χ0) is 18.4. The van der Waals surface area contributed by atoms with Gasteiger partial charge in [0.05, 0.1) is 9.82 Å². The number of ether oxygens (including phenoxy) is 1. The predicted octanol–water partition coefficient (Wildman–Crippen LogP) is 2.89. The molecule has 0 fully saturated rings. The first-order chi connectivity index (χ1) is 11.8. The Balaban J connectivity index is 2.22. The van der Waals surface area contributed by atoms with E-state index in [4.69, 9.17) is 4.74 Å². The second kappa shape index (κ2) is 8.19. The number of rotatable bonds is 8. The summed E-state index contributed by atoms with van der Waals surface area (Å²) >= 11 is 0. The van der Waals surface area contributed by atoms with Crippen LogP contribution in [0.3, 0.4) is 0 Å². The average molecular weight is 364 g/mol. The lowest BCUT2D eigenvalue weighted by atomic mass is 10.00. The zero-order valence-corrected chi connectivity index (χ0v) is 14.9. The summed E-state index contributed by atoms with van der Waals surface area (Å²) in [5.74, 6) is 0. The van der Waals surface area contributed by atoms with Gasteiger partial charge < -0.3 is 4.74 Å². The van der Waals surface area contributed by atoms with Crippen LogP contribution >= 0.6 is 0 Å². The minimum absolute atomic E-state index is 0.00268. The molecular weight excluding hydrogens is 344 g/mol. The number of sulfonamides is 1. The van der Waals surface area contributed by atoms with E-state index in [9.17, 15) is 18.5 Å².